The van der Waals surface area contributed by atoms with Gasteiger partial charge in [0.05, 0.1) is 0 Å². The molecule has 0 unspecified atom stereocenters. The van der Waals surface area contributed by atoms with Gasteiger partial charge in [0.2, 0.25) is 5.95 Å². The molecule has 132 valence electrons. The van der Waals surface area contributed by atoms with E-state index in [2.05, 4.69) is 45.2 Å². The normalized spacial score (nSPS) is 15.2. The summed E-state index contributed by atoms with van der Waals surface area (Å²) in [6, 6.07) is 18.8. The highest BCUT2D eigenvalue weighted by Crippen LogP contribution is 2.26. The summed E-state index contributed by atoms with van der Waals surface area (Å²) in [5.74, 6) is 1.59. The van der Waals surface area contributed by atoms with Crippen molar-refractivity contribution in [1.82, 2.24) is 9.97 Å². The van der Waals surface area contributed by atoms with Gasteiger partial charge in [-0.2, -0.15) is 0 Å². The van der Waals surface area contributed by atoms with Gasteiger partial charge in [0.15, 0.2) is 0 Å². The molecule has 2 aromatic carbocycles. The molecule has 1 aliphatic rings. The molecule has 0 N–H and O–H groups in total. The Bertz CT molecular complexity index is 841. The Morgan fingerprint density at radius 1 is 0.885 bits per heavy atom. The highest BCUT2D eigenvalue weighted by Gasteiger charge is 2.20. The predicted octanol–water partition coefficient (Wildman–Crippen LogP) is 5.26. The summed E-state index contributed by atoms with van der Waals surface area (Å²) in [6.45, 7) is 2.07. The van der Waals surface area contributed by atoms with Gasteiger partial charge in [-0.15, -0.1) is 0 Å². The molecule has 1 saturated heterocycles. The van der Waals surface area contributed by atoms with Crippen LogP contribution in [0.5, 0.6) is 0 Å². The minimum Gasteiger partial charge on any atom is -0.341 e. The maximum absolute atomic E-state index is 6.10. The highest BCUT2D eigenvalue weighted by atomic mass is 35.5. The van der Waals surface area contributed by atoms with Crippen LogP contribution in [0.4, 0.5) is 5.95 Å². The maximum Gasteiger partial charge on any atom is 0.225 e. The van der Waals surface area contributed by atoms with Crippen LogP contribution in [-0.2, 0) is 6.42 Å². The van der Waals surface area contributed by atoms with Crippen molar-refractivity contribution >= 4 is 17.5 Å². The van der Waals surface area contributed by atoms with Gasteiger partial charge in [0.25, 0.3) is 0 Å². The van der Waals surface area contributed by atoms with E-state index in [0.29, 0.717) is 0 Å². The lowest BCUT2D eigenvalue weighted by Crippen LogP contribution is -2.35. The van der Waals surface area contributed by atoms with Crippen molar-refractivity contribution in [2.45, 2.75) is 19.3 Å². The van der Waals surface area contributed by atoms with Gasteiger partial charge in [-0.05, 0) is 60.1 Å². The summed E-state index contributed by atoms with van der Waals surface area (Å²) >= 11 is 6.10. The second-order valence-electron chi connectivity index (χ2n) is 6.89. The van der Waals surface area contributed by atoms with Crippen LogP contribution >= 0.6 is 11.6 Å². The molecule has 0 saturated carbocycles. The zero-order valence-corrected chi connectivity index (χ0v) is 15.4. The third-order valence-electron chi connectivity index (χ3n) is 5.09. The van der Waals surface area contributed by atoms with Crippen molar-refractivity contribution in [3.63, 3.8) is 0 Å². The molecule has 1 fully saturated rings. The number of anilines is 1. The van der Waals surface area contributed by atoms with E-state index in [4.69, 9.17) is 11.6 Å². The fourth-order valence-electron chi connectivity index (χ4n) is 3.63. The summed E-state index contributed by atoms with van der Waals surface area (Å²) in [6.07, 6.45) is 7.15. The molecule has 0 atom stereocenters. The van der Waals surface area contributed by atoms with Gasteiger partial charge in [-0.1, -0.05) is 48.0 Å². The molecule has 0 bridgehead atoms. The van der Waals surface area contributed by atoms with Crippen LogP contribution in [0.2, 0.25) is 5.02 Å². The molecular formula is C22H22ClN3. The number of hydrogen-bond acceptors (Lipinski definition) is 3. The molecular weight excluding hydrogens is 342 g/mol. The molecule has 0 radical (unpaired) electrons. The van der Waals surface area contributed by atoms with Crippen molar-refractivity contribution in [2.24, 2.45) is 5.92 Å². The standard InChI is InChI=1S/C22H22ClN3/c23-21-4-1-3-20(16-21)19-7-5-17(6-8-19)15-18-9-13-26(14-10-18)22-24-11-2-12-25-22/h1-8,11-12,16,18H,9-10,13-15H2. The molecule has 4 rings (SSSR count). The number of halogens is 1. The van der Waals surface area contributed by atoms with Crippen LogP contribution in [0.15, 0.2) is 67.0 Å². The minimum atomic E-state index is 0.729. The number of benzene rings is 2. The second-order valence-corrected chi connectivity index (χ2v) is 7.33. The van der Waals surface area contributed by atoms with Crippen molar-refractivity contribution in [3.05, 3.63) is 77.6 Å². The van der Waals surface area contributed by atoms with Gasteiger partial charge in [0, 0.05) is 30.5 Å². The Morgan fingerprint density at radius 3 is 2.31 bits per heavy atom. The van der Waals surface area contributed by atoms with Crippen molar-refractivity contribution in [2.75, 3.05) is 18.0 Å². The van der Waals surface area contributed by atoms with E-state index >= 15 is 0 Å². The first-order chi connectivity index (χ1) is 12.8. The molecule has 3 aromatic rings. The van der Waals surface area contributed by atoms with E-state index in [1.807, 2.05) is 36.7 Å². The number of rotatable bonds is 4. The third-order valence-corrected chi connectivity index (χ3v) is 5.32. The predicted molar refractivity (Wildman–Crippen MR) is 108 cm³/mol. The van der Waals surface area contributed by atoms with Gasteiger partial charge in [0.1, 0.15) is 0 Å². The Hall–Kier alpha value is -2.39. The lowest BCUT2D eigenvalue weighted by molar-refractivity contribution is 0.400. The quantitative estimate of drug-likeness (QED) is 0.633. The summed E-state index contributed by atoms with van der Waals surface area (Å²) in [7, 11) is 0. The van der Waals surface area contributed by atoms with E-state index in [-0.39, 0.29) is 0 Å². The molecule has 2 heterocycles. The second kappa shape index (κ2) is 7.88. The Morgan fingerprint density at radius 2 is 1.62 bits per heavy atom. The Kier molecular flexibility index (Phi) is 5.16. The largest absolute Gasteiger partial charge is 0.341 e. The summed E-state index contributed by atoms with van der Waals surface area (Å²) < 4.78 is 0. The molecule has 4 heteroatoms. The summed E-state index contributed by atoms with van der Waals surface area (Å²) in [4.78, 5) is 11.0. The van der Waals surface area contributed by atoms with E-state index in [0.717, 1.165) is 36.4 Å². The molecule has 3 nitrogen and oxygen atoms in total. The third kappa shape index (κ3) is 4.05. The average Bonchev–Trinajstić information content (AvgIpc) is 2.70. The van der Waals surface area contributed by atoms with Crippen LogP contribution in [0, 0.1) is 5.92 Å². The molecule has 0 aliphatic carbocycles. The van der Waals surface area contributed by atoms with Crippen molar-refractivity contribution < 1.29 is 0 Å². The molecule has 0 amide bonds. The molecule has 26 heavy (non-hydrogen) atoms. The lowest BCUT2D eigenvalue weighted by atomic mass is 9.89. The molecule has 0 spiro atoms. The molecule has 1 aromatic heterocycles. The first kappa shape index (κ1) is 17.0. The van der Waals surface area contributed by atoms with Crippen molar-refractivity contribution in [3.8, 4) is 11.1 Å². The number of aromatic nitrogens is 2. The van der Waals surface area contributed by atoms with Crippen LogP contribution in [0.25, 0.3) is 11.1 Å². The van der Waals surface area contributed by atoms with Gasteiger partial charge >= 0.3 is 0 Å². The van der Waals surface area contributed by atoms with Crippen LogP contribution in [0.3, 0.4) is 0 Å². The van der Waals surface area contributed by atoms with E-state index in [1.165, 1.54) is 29.5 Å². The van der Waals surface area contributed by atoms with Gasteiger partial charge < -0.3 is 4.90 Å². The number of hydrogen-bond donors (Lipinski definition) is 0. The van der Waals surface area contributed by atoms with E-state index < -0.39 is 0 Å². The maximum atomic E-state index is 6.10. The SMILES string of the molecule is Clc1cccc(-c2ccc(CC3CCN(c4ncccn4)CC3)cc2)c1. The van der Waals surface area contributed by atoms with Crippen LogP contribution in [-0.4, -0.2) is 23.1 Å². The Balaban J connectivity index is 1.35. The van der Waals surface area contributed by atoms with Gasteiger partial charge in [-0.3, -0.25) is 0 Å². The zero-order chi connectivity index (χ0) is 17.8. The van der Waals surface area contributed by atoms with Gasteiger partial charge in [-0.25, -0.2) is 9.97 Å². The van der Waals surface area contributed by atoms with Crippen LogP contribution in [0.1, 0.15) is 18.4 Å². The topological polar surface area (TPSA) is 29.0 Å². The van der Waals surface area contributed by atoms with E-state index in [1.54, 1.807) is 0 Å². The number of nitrogens with zero attached hydrogens (tertiary/aromatic N) is 3. The monoisotopic (exact) mass is 363 g/mol. The van der Waals surface area contributed by atoms with Crippen molar-refractivity contribution in [1.29, 1.82) is 0 Å². The fraction of sp³-hybridized carbons (Fsp3) is 0.273. The highest BCUT2D eigenvalue weighted by molar-refractivity contribution is 6.30. The summed E-state index contributed by atoms with van der Waals surface area (Å²) in [5.41, 5.74) is 3.79. The smallest absolute Gasteiger partial charge is 0.225 e. The first-order valence-corrected chi connectivity index (χ1v) is 9.52. The molecule has 1 aliphatic heterocycles. The summed E-state index contributed by atoms with van der Waals surface area (Å²) in [5, 5.41) is 0.778. The zero-order valence-electron chi connectivity index (χ0n) is 14.7. The lowest BCUT2D eigenvalue weighted by Gasteiger charge is -2.32. The minimum absolute atomic E-state index is 0.729. The fourth-order valence-corrected chi connectivity index (χ4v) is 3.82. The number of piperidine rings is 1. The Labute approximate surface area is 159 Å². The van der Waals surface area contributed by atoms with E-state index in [9.17, 15) is 0 Å². The average molecular weight is 364 g/mol. The first-order valence-electron chi connectivity index (χ1n) is 9.15. The van der Waals surface area contributed by atoms with Crippen LogP contribution < -0.4 is 4.90 Å².